The van der Waals surface area contributed by atoms with Gasteiger partial charge in [0, 0.05) is 11.4 Å². The lowest BCUT2D eigenvalue weighted by Gasteiger charge is -2.05. The Bertz CT molecular complexity index is 648. The predicted octanol–water partition coefficient (Wildman–Crippen LogP) is 5.12. The van der Waals surface area contributed by atoms with Crippen LogP contribution in [-0.2, 0) is 0 Å². The Labute approximate surface area is 140 Å². The first kappa shape index (κ1) is 17.2. The molecule has 2 aromatic carbocycles. The highest BCUT2D eigenvalue weighted by Gasteiger charge is 2.01. The van der Waals surface area contributed by atoms with Crippen molar-refractivity contribution in [1.82, 2.24) is 0 Å². The molecular formula is C19H18ClFO2. The van der Waals surface area contributed by atoms with Crippen molar-refractivity contribution in [2.45, 2.75) is 12.8 Å². The average molecular weight is 333 g/mol. The van der Waals surface area contributed by atoms with E-state index in [1.807, 2.05) is 24.3 Å². The fraction of sp³-hybridized carbons (Fsp3) is 0.211. The molecule has 0 N–H and O–H groups in total. The van der Waals surface area contributed by atoms with E-state index in [-0.39, 0.29) is 11.6 Å². The predicted molar refractivity (Wildman–Crippen MR) is 91.7 cm³/mol. The highest BCUT2D eigenvalue weighted by Crippen LogP contribution is 2.14. The van der Waals surface area contributed by atoms with Crippen molar-refractivity contribution in [3.05, 3.63) is 71.6 Å². The Morgan fingerprint density at radius 2 is 1.74 bits per heavy atom. The molecule has 0 aromatic heterocycles. The molecular weight excluding hydrogens is 315 g/mol. The van der Waals surface area contributed by atoms with Crippen LogP contribution in [-0.4, -0.2) is 18.3 Å². The van der Waals surface area contributed by atoms with Gasteiger partial charge in [-0.25, -0.2) is 4.39 Å². The van der Waals surface area contributed by atoms with E-state index in [9.17, 15) is 9.18 Å². The average Bonchev–Trinajstić information content (AvgIpc) is 2.58. The summed E-state index contributed by atoms with van der Waals surface area (Å²) in [5.74, 6) is 0.926. The first-order chi connectivity index (χ1) is 11.2. The summed E-state index contributed by atoms with van der Waals surface area (Å²) >= 11 is 5.61. The summed E-state index contributed by atoms with van der Waals surface area (Å²) in [5.41, 5.74) is 1.36. The van der Waals surface area contributed by atoms with E-state index >= 15 is 0 Å². The van der Waals surface area contributed by atoms with Gasteiger partial charge in [-0.05, 0) is 60.9 Å². The number of ketones is 1. The van der Waals surface area contributed by atoms with E-state index in [0.717, 1.165) is 24.2 Å². The quantitative estimate of drug-likeness (QED) is 0.290. The van der Waals surface area contributed by atoms with Crippen LogP contribution in [0.1, 0.15) is 28.8 Å². The van der Waals surface area contributed by atoms with Crippen LogP contribution >= 0.6 is 11.6 Å². The van der Waals surface area contributed by atoms with E-state index in [2.05, 4.69) is 0 Å². The topological polar surface area (TPSA) is 26.3 Å². The second-order valence-electron chi connectivity index (χ2n) is 5.02. The first-order valence-electron chi connectivity index (χ1n) is 7.46. The third-order valence-corrected chi connectivity index (χ3v) is 3.50. The van der Waals surface area contributed by atoms with Crippen molar-refractivity contribution in [2.24, 2.45) is 0 Å². The lowest BCUT2D eigenvalue weighted by molar-refractivity contribution is 0.104. The van der Waals surface area contributed by atoms with Gasteiger partial charge in [-0.3, -0.25) is 4.79 Å². The summed E-state index contributed by atoms with van der Waals surface area (Å²) in [6.45, 7) is 0.644. The molecule has 0 atom stereocenters. The van der Waals surface area contributed by atoms with Crippen LogP contribution in [0.4, 0.5) is 4.39 Å². The second-order valence-corrected chi connectivity index (χ2v) is 5.40. The molecule has 0 heterocycles. The standard InChI is InChI=1S/C19H18ClFO2/c20-13-1-2-14-23-18-10-3-15(4-11-18)5-12-19(22)16-6-8-17(21)9-7-16/h3-12H,1-2,13-14H2/b12-5+. The molecule has 0 amide bonds. The largest absolute Gasteiger partial charge is 0.494 e. The smallest absolute Gasteiger partial charge is 0.185 e. The molecule has 4 heteroatoms. The van der Waals surface area contributed by atoms with Crippen molar-refractivity contribution >= 4 is 23.5 Å². The van der Waals surface area contributed by atoms with Crippen LogP contribution in [0.3, 0.4) is 0 Å². The number of allylic oxidation sites excluding steroid dienone is 1. The minimum atomic E-state index is -0.354. The van der Waals surface area contributed by atoms with E-state index < -0.39 is 0 Å². The van der Waals surface area contributed by atoms with Crippen LogP contribution in [0.5, 0.6) is 5.75 Å². The number of alkyl halides is 1. The Morgan fingerprint density at radius 1 is 1.04 bits per heavy atom. The number of hydrogen-bond acceptors (Lipinski definition) is 2. The van der Waals surface area contributed by atoms with Gasteiger partial charge in [0.2, 0.25) is 0 Å². The van der Waals surface area contributed by atoms with Gasteiger partial charge in [-0.2, -0.15) is 0 Å². The molecule has 2 aromatic rings. The molecule has 0 saturated heterocycles. The third kappa shape index (κ3) is 5.87. The molecule has 2 nitrogen and oxygen atoms in total. The number of benzene rings is 2. The van der Waals surface area contributed by atoms with Crippen LogP contribution < -0.4 is 4.74 Å². The van der Waals surface area contributed by atoms with E-state index in [4.69, 9.17) is 16.3 Å². The monoisotopic (exact) mass is 332 g/mol. The van der Waals surface area contributed by atoms with Crippen molar-refractivity contribution in [1.29, 1.82) is 0 Å². The fourth-order valence-electron chi connectivity index (χ4n) is 1.94. The van der Waals surface area contributed by atoms with Gasteiger partial charge in [0.05, 0.1) is 6.61 Å². The lowest BCUT2D eigenvalue weighted by Crippen LogP contribution is -1.97. The number of ether oxygens (including phenoxy) is 1. The van der Waals surface area contributed by atoms with Crippen molar-refractivity contribution < 1.29 is 13.9 Å². The molecule has 2 rings (SSSR count). The molecule has 0 bridgehead atoms. The van der Waals surface area contributed by atoms with E-state index in [1.165, 1.54) is 30.3 Å². The molecule has 0 unspecified atom stereocenters. The van der Waals surface area contributed by atoms with Gasteiger partial charge in [0.25, 0.3) is 0 Å². The third-order valence-electron chi connectivity index (χ3n) is 3.23. The summed E-state index contributed by atoms with van der Waals surface area (Å²) < 4.78 is 18.4. The summed E-state index contributed by atoms with van der Waals surface area (Å²) in [6.07, 6.45) is 5.07. The van der Waals surface area contributed by atoms with Gasteiger partial charge in [0.15, 0.2) is 5.78 Å². The maximum absolute atomic E-state index is 12.8. The Kier molecular flexibility index (Phi) is 6.82. The normalized spacial score (nSPS) is 10.9. The minimum Gasteiger partial charge on any atom is -0.494 e. The number of halogens is 2. The Hall–Kier alpha value is -2.13. The molecule has 0 aliphatic heterocycles. The van der Waals surface area contributed by atoms with Crippen LogP contribution in [0.15, 0.2) is 54.6 Å². The highest BCUT2D eigenvalue weighted by molar-refractivity contribution is 6.17. The van der Waals surface area contributed by atoms with Gasteiger partial charge in [-0.1, -0.05) is 18.2 Å². The summed E-state index contributed by atoms with van der Waals surface area (Å²) in [4.78, 5) is 12.0. The van der Waals surface area contributed by atoms with E-state index in [1.54, 1.807) is 6.08 Å². The number of carbonyl (C=O) groups is 1. The number of hydrogen-bond donors (Lipinski definition) is 0. The Balaban J connectivity index is 1.89. The van der Waals surface area contributed by atoms with Crippen LogP contribution in [0, 0.1) is 5.82 Å². The highest BCUT2D eigenvalue weighted by atomic mass is 35.5. The molecule has 120 valence electrons. The fourth-order valence-corrected chi connectivity index (χ4v) is 2.13. The minimum absolute atomic E-state index is 0.161. The number of rotatable bonds is 8. The van der Waals surface area contributed by atoms with Crippen LogP contribution in [0.25, 0.3) is 6.08 Å². The SMILES string of the molecule is O=C(/C=C/c1ccc(OCCCCCl)cc1)c1ccc(F)cc1. The molecule has 0 saturated carbocycles. The zero-order valence-electron chi connectivity index (χ0n) is 12.7. The molecule has 0 fully saturated rings. The van der Waals surface area contributed by atoms with Crippen molar-refractivity contribution in [2.75, 3.05) is 12.5 Å². The zero-order valence-corrected chi connectivity index (χ0v) is 13.4. The van der Waals surface area contributed by atoms with Crippen molar-refractivity contribution in [3.63, 3.8) is 0 Å². The molecule has 23 heavy (non-hydrogen) atoms. The maximum atomic E-state index is 12.8. The molecule has 0 spiro atoms. The zero-order chi connectivity index (χ0) is 16.5. The van der Waals surface area contributed by atoms with Gasteiger partial charge in [0.1, 0.15) is 11.6 Å². The number of unbranched alkanes of at least 4 members (excludes halogenated alkanes) is 1. The maximum Gasteiger partial charge on any atom is 0.185 e. The molecule has 0 aliphatic rings. The lowest BCUT2D eigenvalue weighted by atomic mass is 10.1. The van der Waals surface area contributed by atoms with Gasteiger partial charge in [-0.15, -0.1) is 11.6 Å². The summed E-state index contributed by atoms with van der Waals surface area (Å²) in [7, 11) is 0. The van der Waals surface area contributed by atoms with E-state index in [0.29, 0.717) is 18.1 Å². The van der Waals surface area contributed by atoms with Gasteiger partial charge < -0.3 is 4.74 Å². The van der Waals surface area contributed by atoms with Gasteiger partial charge >= 0.3 is 0 Å². The summed E-state index contributed by atoms with van der Waals surface area (Å²) in [5, 5.41) is 0. The van der Waals surface area contributed by atoms with Crippen molar-refractivity contribution in [3.8, 4) is 5.75 Å². The molecule has 0 aliphatic carbocycles. The first-order valence-corrected chi connectivity index (χ1v) is 7.99. The van der Waals surface area contributed by atoms with Crippen LogP contribution in [0.2, 0.25) is 0 Å². The molecule has 0 radical (unpaired) electrons. The second kappa shape index (κ2) is 9.11. The summed E-state index contributed by atoms with van der Waals surface area (Å²) in [6, 6.07) is 13.0. The number of carbonyl (C=O) groups excluding carboxylic acids is 1. The Morgan fingerprint density at radius 3 is 2.39 bits per heavy atom.